The first-order valence-electron chi connectivity index (χ1n) is 8.21. The summed E-state index contributed by atoms with van der Waals surface area (Å²) in [6.07, 6.45) is 2.81. The Hall–Kier alpha value is -1.30. The van der Waals surface area contributed by atoms with Gasteiger partial charge in [0, 0.05) is 24.2 Å². The molecule has 23 heavy (non-hydrogen) atoms. The molecule has 3 rings (SSSR count). The van der Waals surface area contributed by atoms with E-state index in [0.29, 0.717) is 26.4 Å². The van der Waals surface area contributed by atoms with Crippen LogP contribution in [0, 0.1) is 0 Å². The highest BCUT2D eigenvalue weighted by Crippen LogP contribution is 2.24. The van der Waals surface area contributed by atoms with Crippen molar-refractivity contribution in [2.45, 2.75) is 31.4 Å². The Kier molecular flexibility index (Phi) is 5.75. The lowest BCUT2D eigenvalue weighted by Gasteiger charge is -2.28. The second kappa shape index (κ2) is 7.99. The third kappa shape index (κ3) is 4.37. The number of likely N-dealkylation sites (tertiary alicyclic amines) is 1. The first kappa shape index (κ1) is 16.6. The Morgan fingerprint density at radius 2 is 2.22 bits per heavy atom. The van der Waals surface area contributed by atoms with Crippen molar-refractivity contribution < 1.29 is 14.3 Å². The first-order valence-corrected chi connectivity index (χ1v) is 8.59. The Labute approximate surface area is 141 Å². The fraction of sp³-hybridized carbons (Fsp3) is 0.588. The standard InChI is InChI=1S/C17H23ClN2O3/c18-16-6-2-1-4-13(16)10-14-5-3-7-20(14)17(21)19-11-15-12-22-8-9-23-15/h1-2,4,6,14-15H,3,5,7-12H2,(H,19,21)/t14-,15+/m1/s1. The number of hydrogen-bond donors (Lipinski definition) is 1. The van der Waals surface area contributed by atoms with E-state index in [-0.39, 0.29) is 18.2 Å². The van der Waals surface area contributed by atoms with Gasteiger partial charge in [0.05, 0.1) is 25.9 Å². The van der Waals surface area contributed by atoms with Gasteiger partial charge in [0.1, 0.15) is 0 Å². The molecule has 2 aliphatic rings. The molecular weight excluding hydrogens is 316 g/mol. The Balaban J connectivity index is 1.53. The van der Waals surface area contributed by atoms with Crippen molar-refractivity contribution in [1.82, 2.24) is 10.2 Å². The summed E-state index contributed by atoms with van der Waals surface area (Å²) in [6, 6.07) is 8.03. The zero-order valence-corrected chi connectivity index (χ0v) is 13.9. The number of benzene rings is 1. The zero-order chi connectivity index (χ0) is 16.1. The molecule has 0 bridgehead atoms. The summed E-state index contributed by atoms with van der Waals surface area (Å²) in [4.78, 5) is 14.4. The maximum atomic E-state index is 12.5. The van der Waals surface area contributed by atoms with E-state index >= 15 is 0 Å². The molecule has 126 valence electrons. The lowest BCUT2D eigenvalue weighted by atomic mass is 10.0. The molecule has 2 amide bonds. The molecule has 1 aromatic rings. The fourth-order valence-electron chi connectivity index (χ4n) is 3.19. The van der Waals surface area contributed by atoms with Gasteiger partial charge in [-0.2, -0.15) is 0 Å². The average molecular weight is 339 g/mol. The van der Waals surface area contributed by atoms with Crippen molar-refractivity contribution in [3.05, 3.63) is 34.9 Å². The van der Waals surface area contributed by atoms with Gasteiger partial charge in [0.25, 0.3) is 0 Å². The van der Waals surface area contributed by atoms with Crippen LogP contribution < -0.4 is 5.32 Å². The van der Waals surface area contributed by atoms with Crippen molar-refractivity contribution in [3.63, 3.8) is 0 Å². The minimum absolute atomic E-state index is 0.0197. The van der Waals surface area contributed by atoms with Gasteiger partial charge < -0.3 is 19.7 Å². The van der Waals surface area contributed by atoms with Crippen LogP contribution in [-0.2, 0) is 15.9 Å². The van der Waals surface area contributed by atoms with Crippen molar-refractivity contribution in [2.24, 2.45) is 0 Å². The monoisotopic (exact) mass is 338 g/mol. The maximum absolute atomic E-state index is 12.5. The van der Waals surface area contributed by atoms with Crippen LogP contribution in [0.4, 0.5) is 4.79 Å². The molecule has 0 radical (unpaired) electrons. The third-order valence-electron chi connectivity index (χ3n) is 4.42. The lowest BCUT2D eigenvalue weighted by Crippen LogP contribution is -2.47. The maximum Gasteiger partial charge on any atom is 0.317 e. The van der Waals surface area contributed by atoms with Crippen molar-refractivity contribution >= 4 is 17.6 Å². The summed E-state index contributed by atoms with van der Waals surface area (Å²) in [6.45, 7) is 3.07. The van der Waals surface area contributed by atoms with Gasteiger partial charge in [0.15, 0.2) is 0 Å². The molecular formula is C17H23ClN2O3. The van der Waals surface area contributed by atoms with Crippen LogP contribution in [0.15, 0.2) is 24.3 Å². The van der Waals surface area contributed by atoms with Crippen LogP contribution in [0.25, 0.3) is 0 Å². The second-order valence-corrected chi connectivity index (χ2v) is 6.45. The number of nitrogens with one attached hydrogen (secondary N) is 1. The third-order valence-corrected chi connectivity index (χ3v) is 4.79. The first-order chi connectivity index (χ1) is 11.2. The second-order valence-electron chi connectivity index (χ2n) is 6.04. The van der Waals surface area contributed by atoms with E-state index < -0.39 is 0 Å². The molecule has 2 fully saturated rings. The molecule has 1 aromatic carbocycles. The SMILES string of the molecule is O=C(NC[C@H]1COCCO1)N1CCC[C@@H]1Cc1ccccc1Cl. The average Bonchev–Trinajstić information content (AvgIpc) is 3.04. The number of nitrogens with zero attached hydrogens (tertiary/aromatic N) is 1. The topological polar surface area (TPSA) is 50.8 Å². The van der Waals surface area contributed by atoms with Crippen molar-refractivity contribution in [3.8, 4) is 0 Å². The van der Waals surface area contributed by atoms with Crippen LogP contribution in [0.1, 0.15) is 18.4 Å². The Morgan fingerprint density at radius 3 is 3.00 bits per heavy atom. The largest absolute Gasteiger partial charge is 0.376 e. The summed E-state index contributed by atoms with van der Waals surface area (Å²) in [5.74, 6) is 0. The summed E-state index contributed by atoms with van der Waals surface area (Å²) in [5.41, 5.74) is 1.10. The normalized spacial score (nSPS) is 24.7. The summed E-state index contributed by atoms with van der Waals surface area (Å²) >= 11 is 6.24. The molecule has 2 aliphatic heterocycles. The summed E-state index contributed by atoms with van der Waals surface area (Å²) in [7, 11) is 0. The van der Waals surface area contributed by atoms with Gasteiger partial charge in [-0.25, -0.2) is 4.79 Å². The number of urea groups is 1. The molecule has 0 unspecified atom stereocenters. The smallest absolute Gasteiger partial charge is 0.317 e. The molecule has 1 N–H and O–H groups in total. The molecule has 6 heteroatoms. The van der Waals surface area contributed by atoms with Gasteiger partial charge in [-0.05, 0) is 30.9 Å². The van der Waals surface area contributed by atoms with E-state index in [9.17, 15) is 4.79 Å². The predicted octanol–water partition coefficient (Wildman–Crippen LogP) is 2.47. The number of halogens is 1. The van der Waals surface area contributed by atoms with Crippen LogP contribution >= 0.6 is 11.6 Å². The number of hydrogen-bond acceptors (Lipinski definition) is 3. The molecule has 0 aliphatic carbocycles. The van der Waals surface area contributed by atoms with Crippen LogP contribution in [0.5, 0.6) is 0 Å². The van der Waals surface area contributed by atoms with E-state index in [0.717, 1.165) is 36.4 Å². The number of carbonyl (C=O) groups is 1. The highest BCUT2D eigenvalue weighted by atomic mass is 35.5. The molecule has 5 nitrogen and oxygen atoms in total. The van der Waals surface area contributed by atoms with Crippen molar-refractivity contribution in [2.75, 3.05) is 32.9 Å². The van der Waals surface area contributed by atoms with Crippen LogP contribution in [-0.4, -0.2) is 56.0 Å². The van der Waals surface area contributed by atoms with Gasteiger partial charge in [-0.3, -0.25) is 0 Å². The molecule has 2 saturated heterocycles. The summed E-state index contributed by atoms with van der Waals surface area (Å²) < 4.78 is 10.9. The predicted molar refractivity (Wildman–Crippen MR) is 88.8 cm³/mol. The van der Waals surface area contributed by atoms with Crippen molar-refractivity contribution in [1.29, 1.82) is 0 Å². The van der Waals surface area contributed by atoms with E-state index in [1.807, 2.05) is 29.2 Å². The van der Waals surface area contributed by atoms with Crippen LogP contribution in [0.3, 0.4) is 0 Å². The molecule has 0 saturated carbocycles. The Bertz CT molecular complexity index is 534. The van der Waals surface area contributed by atoms with E-state index in [1.54, 1.807) is 0 Å². The fourth-order valence-corrected chi connectivity index (χ4v) is 3.40. The minimum atomic E-state index is -0.0441. The number of amides is 2. The van der Waals surface area contributed by atoms with E-state index in [1.165, 1.54) is 0 Å². The number of ether oxygens (including phenoxy) is 2. The van der Waals surface area contributed by atoms with E-state index in [2.05, 4.69) is 5.32 Å². The van der Waals surface area contributed by atoms with Gasteiger partial charge >= 0.3 is 6.03 Å². The highest BCUT2D eigenvalue weighted by molar-refractivity contribution is 6.31. The van der Waals surface area contributed by atoms with E-state index in [4.69, 9.17) is 21.1 Å². The minimum Gasteiger partial charge on any atom is -0.376 e. The molecule has 0 spiro atoms. The highest BCUT2D eigenvalue weighted by Gasteiger charge is 2.29. The van der Waals surface area contributed by atoms with Gasteiger partial charge in [0.2, 0.25) is 0 Å². The zero-order valence-electron chi connectivity index (χ0n) is 13.2. The van der Waals surface area contributed by atoms with Gasteiger partial charge in [-0.1, -0.05) is 29.8 Å². The molecule has 2 heterocycles. The lowest BCUT2D eigenvalue weighted by molar-refractivity contribution is -0.0856. The summed E-state index contributed by atoms with van der Waals surface area (Å²) in [5, 5.41) is 3.74. The quantitative estimate of drug-likeness (QED) is 0.917. The van der Waals surface area contributed by atoms with Crippen LogP contribution in [0.2, 0.25) is 5.02 Å². The molecule has 2 atom stereocenters. The number of carbonyl (C=O) groups excluding carboxylic acids is 1. The molecule has 0 aromatic heterocycles. The Morgan fingerprint density at radius 1 is 1.35 bits per heavy atom. The van der Waals surface area contributed by atoms with Gasteiger partial charge in [-0.15, -0.1) is 0 Å². The number of rotatable bonds is 4.